The fraction of sp³-hybridized carbons (Fsp3) is 0.471. The quantitative estimate of drug-likeness (QED) is 0.876. The summed E-state index contributed by atoms with van der Waals surface area (Å²) < 4.78 is 5.91. The summed E-state index contributed by atoms with van der Waals surface area (Å²) in [6, 6.07) is 6.09. The molecule has 23 heavy (non-hydrogen) atoms. The Morgan fingerprint density at radius 1 is 1.30 bits per heavy atom. The van der Waals surface area contributed by atoms with Crippen LogP contribution in [0.1, 0.15) is 17.7 Å². The van der Waals surface area contributed by atoms with Crippen LogP contribution in [0.15, 0.2) is 36.9 Å². The van der Waals surface area contributed by atoms with E-state index in [1.54, 1.807) is 12.5 Å². The first-order valence-electron chi connectivity index (χ1n) is 8.05. The van der Waals surface area contributed by atoms with Gasteiger partial charge in [-0.1, -0.05) is 6.07 Å². The van der Waals surface area contributed by atoms with Crippen molar-refractivity contribution in [2.45, 2.75) is 25.5 Å². The van der Waals surface area contributed by atoms with Gasteiger partial charge in [-0.25, -0.2) is 15.0 Å². The summed E-state index contributed by atoms with van der Waals surface area (Å²) >= 11 is 0. The highest BCUT2D eigenvalue weighted by atomic mass is 16.5. The molecule has 1 unspecified atom stereocenters. The molecule has 0 bridgehead atoms. The summed E-state index contributed by atoms with van der Waals surface area (Å²) in [5.41, 5.74) is 2.30. The van der Waals surface area contributed by atoms with E-state index in [0.29, 0.717) is 0 Å². The first-order chi connectivity index (χ1) is 11.3. The molecule has 2 aromatic rings. The van der Waals surface area contributed by atoms with Gasteiger partial charge in [0.15, 0.2) is 0 Å². The molecule has 6 heteroatoms. The fourth-order valence-electron chi connectivity index (χ4n) is 2.91. The molecule has 1 fully saturated rings. The van der Waals surface area contributed by atoms with E-state index in [-0.39, 0.29) is 6.10 Å². The van der Waals surface area contributed by atoms with Crippen molar-refractivity contribution >= 4 is 5.82 Å². The predicted molar refractivity (Wildman–Crippen MR) is 89.2 cm³/mol. The van der Waals surface area contributed by atoms with E-state index in [0.717, 1.165) is 50.6 Å². The van der Waals surface area contributed by atoms with Crippen LogP contribution in [0.4, 0.5) is 5.82 Å². The van der Waals surface area contributed by atoms with Crippen LogP contribution in [-0.4, -0.2) is 52.7 Å². The molecule has 1 atom stereocenters. The second-order valence-corrected chi connectivity index (χ2v) is 5.73. The van der Waals surface area contributed by atoms with Crippen LogP contribution in [0, 0.1) is 0 Å². The van der Waals surface area contributed by atoms with Crippen LogP contribution in [0.5, 0.6) is 0 Å². The van der Waals surface area contributed by atoms with Gasteiger partial charge in [-0.2, -0.15) is 0 Å². The molecule has 0 amide bonds. The van der Waals surface area contributed by atoms with Crippen molar-refractivity contribution in [3.8, 4) is 0 Å². The van der Waals surface area contributed by atoms with Gasteiger partial charge in [0.1, 0.15) is 12.1 Å². The number of morpholine rings is 1. The average Bonchev–Trinajstić information content (AvgIpc) is 2.62. The first kappa shape index (κ1) is 15.8. The van der Waals surface area contributed by atoms with Crippen LogP contribution < -0.4 is 5.32 Å². The number of aryl methyl sites for hydroxylation is 1. The Balaban J connectivity index is 1.54. The lowest BCUT2D eigenvalue weighted by molar-refractivity contribution is -0.0346. The molecule has 0 aromatic carbocycles. The third-order valence-electron chi connectivity index (χ3n) is 4.11. The summed E-state index contributed by atoms with van der Waals surface area (Å²) in [7, 11) is 1.91. The fourth-order valence-corrected chi connectivity index (χ4v) is 2.91. The normalized spacial score (nSPS) is 18.7. The zero-order chi connectivity index (χ0) is 15.9. The Morgan fingerprint density at radius 3 is 3.09 bits per heavy atom. The Kier molecular flexibility index (Phi) is 5.50. The molecule has 0 spiro atoms. The largest absolute Gasteiger partial charge is 0.376 e. The molecule has 3 heterocycles. The molecular weight excluding hydrogens is 290 g/mol. The van der Waals surface area contributed by atoms with Gasteiger partial charge in [-0.05, 0) is 25.0 Å². The van der Waals surface area contributed by atoms with Gasteiger partial charge in [0.05, 0.1) is 12.7 Å². The Morgan fingerprint density at radius 2 is 2.26 bits per heavy atom. The minimum Gasteiger partial charge on any atom is -0.376 e. The zero-order valence-electron chi connectivity index (χ0n) is 13.5. The second kappa shape index (κ2) is 7.99. The number of anilines is 1. The van der Waals surface area contributed by atoms with Gasteiger partial charge in [-0.3, -0.25) is 4.90 Å². The maximum Gasteiger partial charge on any atom is 0.130 e. The summed E-state index contributed by atoms with van der Waals surface area (Å²) in [5, 5.41) is 3.16. The topological polar surface area (TPSA) is 63.2 Å². The number of hydrogen-bond donors (Lipinski definition) is 1. The van der Waals surface area contributed by atoms with Gasteiger partial charge in [0.25, 0.3) is 0 Å². The standard InChI is InChI=1S/C17H23N5O/c1-18-17-14(3-2-7-20-17)11-22-9-10-23-16(12-22)5-4-15-6-8-19-13-21-15/h2-3,6-8,13,16H,4-5,9-12H2,1H3,(H,18,20). The molecule has 1 saturated heterocycles. The van der Waals surface area contributed by atoms with Gasteiger partial charge in [0, 0.05) is 50.3 Å². The van der Waals surface area contributed by atoms with Crippen molar-refractivity contribution in [2.75, 3.05) is 32.1 Å². The number of rotatable bonds is 6. The lowest BCUT2D eigenvalue weighted by Crippen LogP contribution is -2.42. The molecule has 6 nitrogen and oxygen atoms in total. The number of nitrogens with one attached hydrogen (secondary N) is 1. The predicted octanol–water partition coefficient (Wildman–Crippen LogP) is 1.75. The molecule has 1 N–H and O–H groups in total. The van der Waals surface area contributed by atoms with Crippen molar-refractivity contribution in [3.05, 3.63) is 48.2 Å². The van der Waals surface area contributed by atoms with Crippen molar-refractivity contribution < 1.29 is 4.74 Å². The van der Waals surface area contributed by atoms with E-state index in [2.05, 4.69) is 31.2 Å². The molecule has 0 radical (unpaired) electrons. The van der Waals surface area contributed by atoms with Crippen LogP contribution in [0.25, 0.3) is 0 Å². The first-order valence-corrected chi connectivity index (χ1v) is 8.05. The van der Waals surface area contributed by atoms with E-state index in [1.165, 1.54) is 5.56 Å². The number of ether oxygens (including phenoxy) is 1. The highest BCUT2D eigenvalue weighted by Gasteiger charge is 2.21. The minimum absolute atomic E-state index is 0.258. The minimum atomic E-state index is 0.258. The highest BCUT2D eigenvalue weighted by molar-refractivity contribution is 5.42. The number of hydrogen-bond acceptors (Lipinski definition) is 6. The van der Waals surface area contributed by atoms with Gasteiger partial charge in [-0.15, -0.1) is 0 Å². The third kappa shape index (κ3) is 4.46. The molecule has 1 aliphatic rings. The van der Waals surface area contributed by atoms with Crippen LogP contribution in [0.2, 0.25) is 0 Å². The van der Waals surface area contributed by atoms with Crippen LogP contribution in [0.3, 0.4) is 0 Å². The van der Waals surface area contributed by atoms with Gasteiger partial charge >= 0.3 is 0 Å². The molecule has 1 aliphatic heterocycles. The summed E-state index contributed by atoms with van der Waals surface area (Å²) in [6.07, 6.45) is 7.38. The van der Waals surface area contributed by atoms with E-state index >= 15 is 0 Å². The molecular formula is C17H23N5O. The number of nitrogens with zero attached hydrogens (tertiary/aromatic N) is 4. The van der Waals surface area contributed by atoms with E-state index in [9.17, 15) is 0 Å². The Labute approximate surface area is 136 Å². The smallest absolute Gasteiger partial charge is 0.130 e. The molecule has 0 saturated carbocycles. The van der Waals surface area contributed by atoms with E-state index in [1.807, 2.05) is 25.4 Å². The van der Waals surface area contributed by atoms with Crippen molar-refractivity contribution in [2.24, 2.45) is 0 Å². The number of pyridine rings is 1. The lowest BCUT2D eigenvalue weighted by Gasteiger charge is -2.33. The molecule has 3 rings (SSSR count). The molecule has 122 valence electrons. The summed E-state index contributed by atoms with van der Waals surface area (Å²) in [4.78, 5) is 15.0. The Bertz CT molecular complexity index is 607. The monoisotopic (exact) mass is 313 g/mol. The maximum absolute atomic E-state index is 5.91. The summed E-state index contributed by atoms with van der Waals surface area (Å²) in [6.45, 7) is 3.59. The zero-order valence-corrected chi connectivity index (χ0v) is 13.5. The van der Waals surface area contributed by atoms with Crippen LogP contribution in [-0.2, 0) is 17.7 Å². The maximum atomic E-state index is 5.91. The third-order valence-corrected chi connectivity index (χ3v) is 4.11. The van der Waals surface area contributed by atoms with Gasteiger partial charge in [0.2, 0.25) is 0 Å². The van der Waals surface area contributed by atoms with Crippen molar-refractivity contribution in [1.82, 2.24) is 19.9 Å². The van der Waals surface area contributed by atoms with E-state index < -0.39 is 0 Å². The highest BCUT2D eigenvalue weighted by Crippen LogP contribution is 2.17. The molecule has 2 aromatic heterocycles. The summed E-state index contributed by atoms with van der Waals surface area (Å²) in [5.74, 6) is 0.955. The van der Waals surface area contributed by atoms with Crippen molar-refractivity contribution in [1.29, 1.82) is 0 Å². The Hall–Kier alpha value is -2.05. The average molecular weight is 313 g/mol. The number of aromatic nitrogens is 3. The van der Waals surface area contributed by atoms with E-state index in [4.69, 9.17) is 4.74 Å². The molecule has 0 aliphatic carbocycles. The second-order valence-electron chi connectivity index (χ2n) is 5.73. The lowest BCUT2D eigenvalue weighted by atomic mass is 10.1. The van der Waals surface area contributed by atoms with Crippen molar-refractivity contribution in [3.63, 3.8) is 0 Å². The SMILES string of the molecule is CNc1ncccc1CN1CCOC(CCc2ccncn2)C1. The van der Waals surface area contributed by atoms with Gasteiger partial charge < -0.3 is 10.1 Å². The van der Waals surface area contributed by atoms with Crippen LogP contribution >= 0.6 is 0 Å².